The monoisotopic (exact) mass is 241 g/mol. The van der Waals surface area contributed by atoms with E-state index in [1.807, 2.05) is 36.4 Å². The molecular formula is C13H11N3S. The van der Waals surface area contributed by atoms with Crippen molar-refractivity contribution in [2.24, 2.45) is 0 Å². The molecule has 0 spiro atoms. The zero-order valence-electron chi connectivity index (χ0n) is 9.05. The van der Waals surface area contributed by atoms with E-state index in [9.17, 15) is 0 Å². The van der Waals surface area contributed by atoms with Crippen LogP contribution in [-0.4, -0.2) is 0 Å². The SMILES string of the molecule is N#CSc1cc(N)ccc1-c1ccc(N)cc1. The van der Waals surface area contributed by atoms with Gasteiger partial charge in [-0.1, -0.05) is 18.2 Å². The van der Waals surface area contributed by atoms with E-state index in [-0.39, 0.29) is 0 Å². The highest BCUT2D eigenvalue weighted by molar-refractivity contribution is 8.03. The van der Waals surface area contributed by atoms with Gasteiger partial charge in [-0.25, -0.2) is 0 Å². The average Bonchev–Trinajstić information content (AvgIpc) is 2.31. The Bertz CT molecular complexity index is 570. The first kappa shape index (κ1) is 11.4. The molecule has 0 heterocycles. The minimum Gasteiger partial charge on any atom is -0.399 e. The molecular weight excluding hydrogens is 230 g/mol. The van der Waals surface area contributed by atoms with Gasteiger partial charge in [-0.3, -0.25) is 0 Å². The number of benzene rings is 2. The summed E-state index contributed by atoms with van der Waals surface area (Å²) in [7, 11) is 0. The van der Waals surface area contributed by atoms with Crippen LogP contribution in [0.3, 0.4) is 0 Å². The molecule has 0 amide bonds. The zero-order chi connectivity index (χ0) is 12.3. The number of nitriles is 1. The molecule has 4 heteroatoms. The lowest BCUT2D eigenvalue weighted by Crippen LogP contribution is -1.88. The van der Waals surface area contributed by atoms with Crippen molar-refractivity contribution in [3.63, 3.8) is 0 Å². The van der Waals surface area contributed by atoms with Crippen LogP contribution in [0.4, 0.5) is 11.4 Å². The second kappa shape index (κ2) is 4.81. The topological polar surface area (TPSA) is 75.8 Å². The fourth-order valence-corrected chi connectivity index (χ4v) is 2.16. The van der Waals surface area contributed by atoms with Crippen molar-refractivity contribution < 1.29 is 0 Å². The molecule has 0 bridgehead atoms. The molecule has 4 N–H and O–H groups in total. The normalized spacial score (nSPS) is 9.82. The molecule has 0 saturated carbocycles. The number of anilines is 2. The molecule has 0 aliphatic heterocycles. The fraction of sp³-hybridized carbons (Fsp3) is 0. The summed E-state index contributed by atoms with van der Waals surface area (Å²) < 4.78 is 0. The van der Waals surface area contributed by atoms with Crippen molar-refractivity contribution in [2.75, 3.05) is 11.5 Å². The maximum atomic E-state index is 8.78. The van der Waals surface area contributed by atoms with Crippen LogP contribution in [0.2, 0.25) is 0 Å². The van der Waals surface area contributed by atoms with E-state index in [2.05, 4.69) is 5.40 Å². The van der Waals surface area contributed by atoms with Crippen molar-refractivity contribution in [2.45, 2.75) is 4.90 Å². The van der Waals surface area contributed by atoms with E-state index in [4.69, 9.17) is 16.7 Å². The number of nitrogens with zero attached hydrogens (tertiary/aromatic N) is 1. The van der Waals surface area contributed by atoms with Crippen LogP contribution < -0.4 is 11.5 Å². The first-order chi connectivity index (χ1) is 8.20. The van der Waals surface area contributed by atoms with Crippen LogP contribution in [-0.2, 0) is 0 Å². The second-order valence-corrected chi connectivity index (χ2v) is 4.40. The van der Waals surface area contributed by atoms with Gasteiger partial charge in [0.2, 0.25) is 0 Å². The summed E-state index contributed by atoms with van der Waals surface area (Å²) in [6, 6.07) is 13.1. The molecule has 0 aromatic heterocycles. The minimum absolute atomic E-state index is 0.655. The Labute approximate surface area is 104 Å². The standard InChI is InChI=1S/C13H11N3S/c14-8-17-13-7-11(16)5-6-12(13)9-1-3-10(15)4-2-9/h1-7H,15-16H2. The van der Waals surface area contributed by atoms with Gasteiger partial charge in [0.1, 0.15) is 5.40 Å². The maximum absolute atomic E-state index is 8.78. The first-order valence-corrected chi connectivity index (χ1v) is 5.84. The molecule has 2 rings (SSSR count). The van der Waals surface area contributed by atoms with E-state index in [0.29, 0.717) is 5.69 Å². The molecule has 2 aromatic carbocycles. The van der Waals surface area contributed by atoms with Gasteiger partial charge in [0.05, 0.1) is 0 Å². The fourth-order valence-electron chi connectivity index (χ4n) is 1.57. The average molecular weight is 241 g/mol. The highest BCUT2D eigenvalue weighted by Crippen LogP contribution is 2.32. The van der Waals surface area contributed by atoms with Gasteiger partial charge in [0.15, 0.2) is 0 Å². The summed E-state index contributed by atoms with van der Waals surface area (Å²) >= 11 is 1.11. The summed E-state index contributed by atoms with van der Waals surface area (Å²) in [6.45, 7) is 0. The van der Waals surface area contributed by atoms with Crippen LogP contribution in [0.1, 0.15) is 0 Å². The van der Waals surface area contributed by atoms with Gasteiger partial charge in [0, 0.05) is 16.3 Å². The van der Waals surface area contributed by atoms with Crippen LogP contribution in [0.25, 0.3) is 11.1 Å². The van der Waals surface area contributed by atoms with Gasteiger partial charge in [-0.15, -0.1) is 0 Å². The van der Waals surface area contributed by atoms with Crippen LogP contribution in [0.5, 0.6) is 0 Å². The quantitative estimate of drug-likeness (QED) is 0.481. The summed E-state index contributed by atoms with van der Waals surface area (Å²) in [5, 5.41) is 10.8. The lowest BCUT2D eigenvalue weighted by molar-refractivity contribution is 1.45. The van der Waals surface area contributed by atoms with E-state index < -0.39 is 0 Å². The molecule has 0 unspecified atom stereocenters. The number of hydrogen-bond donors (Lipinski definition) is 2. The number of thioether (sulfide) groups is 1. The summed E-state index contributed by atoms with van der Waals surface area (Å²) in [4.78, 5) is 0.859. The van der Waals surface area contributed by atoms with Crippen LogP contribution >= 0.6 is 11.8 Å². The van der Waals surface area contributed by atoms with Gasteiger partial charge in [0.25, 0.3) is 0 Å². The molecule has 0 radical (unpaired) electrons. The van der Waals surface area contributed by atoms with Gasteiger partial charge < -0.3 is 11.5 Å². The molecule has 3 nitrogen and oxygen atoms in total. The number of nitrogen functional groups attached to an aromatic ring is 2. The smallest absolute Gasteiger partial charge is 0.138 e. The van der Waals surface area contributed by atoms with Crippen molar-refractivity contribution in [3.8, 4) is 16.5 Å². The Morgan fingerprint density at radius 1 is 0.941 bits per heavy atom. The molecule has 0 atom stereocenters. The number of thiocyanates is 1. The summed E-state index contributed by atoms with van der Waals surface area (Å²) in [6.07, 6.45) is 0. The number of rotatable bonds is 2. The lowest BCUT2D eigenvalue weighted by atomic mass is 10.1. The van der Waals surface area contributed by atoms with E-state index in [1.54, 1.807) is 6.07 Å². The van der Waals surface area contributed by atoms with Gasteiger partial charge in [-0.2, -0.15) is 5.26 Å². The Kier molecular flexibility index (Phi) is 3.22. The highest BCUT2D eigenvalue weighted by Gasteiger charge is 2.06. The van der Waals surface area contributed by atoms with Crippen LogP contribution in [0, 0.1) is 10.7 Å². The van der Waals surface area contributed by atoms with Crippen molar-refractivity contribution in [3.05, 3.63) is 42.5 Å². The predicted octanol–water partition coefficient (Wildman–Crippen LogP) is 3.09. The Morgan fingerprint density at radius 2 is 1.59 bits per heavy atom. The van der Waals surface area contributed by atoms with Crippen molar-refractivity contribution >= 4 is 23.1 Å². The van der Waals surface area contributed by atoms with Crippen molar-refractivity contribution in [1.29, 1.82) is 5.26 Å². The third-order valence-corrected chi connectivity index (χ3v) is 3.03. The molecule has 0 saturated heterocycles. The summed E-state index contributed by atoms with van der Waals surface area (Å²) in [5.74, 6) is 0. The number of nitrogens with two attached hydrogens (primary N) is 2. The maximum Gasteiger partial charge on any atom is 0.138 e. The molecule has 0 fully saturated rings. The van der Waals surface area contributed by atoms with Crippen molar-refractivity contribution in [1.82, 2.24) is 0 Å². The molecule has 2 aromatic rings. The van der Waals surface area contributed by atoms with E-state index in [1.165, 1.54) is 0 Å². The molecule has 0 aliphatic rings. The lowest BCUT2D eigenvalue weighted by Gasteiger charge is -2.07. The number of hydrogen-bond acceptors (Lipinski definition) is 4. The Hall–Kier alpha value is -2.12. The minimum atomic E-state index is 0.655. The Balaban J connectivity index is 2.51. The Morgan fingerprint density at radius 3 is 2.24 bits per heavy atom. The first-order valence-electron chi connectivity index (χ1n) is 5.02. The largest absolute Gasteiger partial charge is 0.399 e. The summed E-state index contributed by atoms with van der Waals surface area (Å²) in [5.41, 5.74) is 14.8. The molecule has 0 aliphatic carbocycles. The highest BCUT2D eigenvalue weighted by atomic mass is 32.2. The van der Waals surface area contributed by atoms with Crippen LogP contribution in [0.15, 0.2) is 47.4 Å². The van der Waals surface area contributed by atoms with Gasteiger partial charge in [-0.05, 0) is 47.2 Å². The third-order valence-electron chi connectivity index (χ3n) is 2.38. The van der Waals surface area contributed by atoms with E-state index >= 15 is 0 Å². The van der Waals surface area contributed by atoms with Gasteiger partial charge >= 0.3 is 0 Å². The zero-order valence-corrected chi connectivity index (χ0v) is 9.87. The molecule has 84 valence electrons. The van der Waals surface area contributed by atoms with E-state index in [0.717, 1.165) is 33.5 Å². The molecule has 17 heavy (non-hydrogen) atoms. The third kappa shape index (κ3) is 2.52. The predicted molar refractivity (Wildman–Crippen MR) is 72.2 cm³/mol. The second-order valence-electron chi connectivity index (χ2n) is 3.57.